The molecule has 0 spiro atoms. The van der Waals surface area contributed by atoms with Crippen LogP contribution in [0.3, 0.4) is 0 Å². The molecule has 0 aliphatic carbocycles. The van der Waals surface area contributed by atoms with Crippen LogP contribution in [0.2, 0.25) is 0 Å². The summed E-state index contributed by atoms with van der Waals surface area (Å²) >= 11 is 4.88. The first-order valence-corrected chi connectivity index (χ1v) is 7.25. The predicted octanol–water partition coefficient (Wildman–Crippen LogP) is 1.67. The van der Waals surface area contributed by atoms with E-state index in [4.69, 9.17) is 5.73 Å². The number of amides is 2. The highest BCUT2D eigenvalue weighted by Gasteiger charge is 2.13. The molecular weight excluding hydrogens is 316 g/mol. The minimum absolute atomic E-state index is 0.109. The van der Waals surface area contributed by atoms with Crippen LogP contribution in [0, 0.1) is 0 Å². The number of primary amides is 1. The number of hydrogen-bond donors (Lipinski definition) is 2. The fraction of sp³-hybridized carbons (Fsp3) is 0.333. The molecule has 0 aliphatic rings. The zero-order valence-electron chi connectivity index (χ0n) is 9.98. The van der Waals surface area contributed by atoms with Gasteiger partial charge in [-0.25, -0.2) is 0 Å². The molecule has 0 bridgehead atoms. The summed E-state index contributed by atoms with van der Waals surface area (Å²) in [5, 5.41) is 2.27. The van der Waals surface area contributed by atoms with Crippen molar-refractivity contribution in [2.75, 3.05) is 6.54 Å². The van der Waals surface area contributed by atoms with Gasteiger partial charge in [0, 0.05) is 10.2 Å². The number of carbonyl (C=O) groups excluding carboxylic acids is 2. The maximum Gasteiger partial charge on any atom is 0.236 e. The highest BCUT2D eigenvalue weighted by molar-refractivity contribution is 9.10. The lowest BCUT2D eigenvalue weighted by Crippen LogP contribution is -2.37. The van der Waals surface area contributed by atoms with E-state index in [2.05, 4.69) is 21.2 Å². The second-order valence-corrected chi connectivity index (χ2v) is 6.01. The average Bonchev–Trinajstić information content (AvgIpc) is 2.34. The van der Waals surface area contributed by atoms with Crippen LogP contribution in [0.15, 0.2) is 28.7 Å². The van der Waals surface area contributed by atoms with Crippen molar-refractivity contribution >= 4 is 39.5 Å². The van der Waals surface area contributed by atoms with Gasteiger partial charge in [-0.1, -0.05) is 28.1 Å². The second kappa shape index (κ2) is 7.43. The fourth-order valence-corrected chi connectivity index (χ4v) is 2.33. The summed E-state index contributed by atoms with van der Waals surface area (Å²) in [5.41, 5.74) is 6.11. The Morgan fingerprint density at radius 1 is 1.39 bits per heavy atom. The molecular formula is C12H15BrN2O2S. The summed E-state index contributed by atoms with van der Waals surface area (Å²) in [4.78, 5) is 22.1. The number of benzene rings is 1. The molecule has 0 saturated heterocycles. The number of hydrogen-bond acceptors (Lipinski definition) is 3. The van der Waals surface area contributed by atoms with Crippen LogP contribution in [-0.2, 0) is 15.3 Å². The summed E-state index contributed by atoms with van der Waals surface area (Å²) in [6.45, 7) is 1.70. The Morgan fingerprint density at radius 3 is 2.56 bits per heavy atom. The molecule has 18 heavy (non-hydrogen) atoms. The van der Waals surface area contributed by atoms with E-state index in [-0.39, 0.29) is 17.7 Å². The summed E-state index contributed by atoms with van der Waals surface area (Å²) < 4.78 is 1.03. The molecule has 1 aromatic carbocycles. The predicted molar refractivity (Wildman–Crippen MR) is 77.1 cm³/mol. The number of thioether (sulfide) groups is 1. The Balaban J connectivity index is 2.36. The molecule has 98 valence electrons. The molecule has 0 radical (unpaired) electrons. The molecule has 1 rings (SSSR count). The Labute approximate surface area is 119 Å². The minimum atomic E-state index is -0.534. The average molecular weight is 331 g/mol. The minimum Gasteiger partial charge on any atom is -0.368 e. The van der Waals surface area contributed by atoms with Crippen LogP contribution in [0.25, 0.3) is 0 Å². The number of carbonyl (C=O) groups is 2. The molecule has 0 saturated carbocycles. The van der Waals surface area contributed by atoms with Gasteiger partial charge in [0.25, 0.3) is 0 Å². The smallest absolute Gasteiger partial charge is 0.236 e. The Kier molecular flexibility index (Phi) is 6.21. The van der Waals surface area contributed by atoms with Gasteiger partial charge >= 0.3 is 0 Å². The third-order valence-corrected chi connectivity index (χ3v) is 3.96. The maximum atomic E-state index is 11.6. The van der Waals surface area contributed by atoms with Crippen LogP contribution < -0.4 is 11.1 Å². The van der Waals surface area contributed by atoms with Crippen molar-refractivity contribution in [3.8, 4) is 0 Å². The van der Waals surface area contributed by atoms with Crippen LogP contribution in [-0.4, -0.2) is 23.6 Å². The highest BCUT2D eigenvalue weighted by atomic mass is 79.9. The number of nitrogens with two attached hydrogens (primary N) is 1. The summed E-state index contributed by atoms with van der Waals surface area (Å²) in [6.07, 6.45) is 0. The molecule has 4 nitrogen and oxygen atoms in total. The number of nitrogens with one attached hydrogen (secondary N) is 1. The Bertz CT molecular complexity index is 423. The van der Waals surface area contributed by atoms with Crippen molar-refractivity contribution in [3.63, 3.8) is 0 Å². The van der Waals surface area contributed by atoms with E-state index in [1.54, 1.807) is 6.92 Å². The van der Waals surface area contributed by atoms with Gasteiger partial charge < -0.3 is 11.1 Å². The molecule has 0 heterocycles. The normalized spacial score (nSPS) is 11.9. The van der Waals surface area contributed by atoms with Crippen molar-refractivity contribution in [2.24, 2.45) is 5.73 Å². The second-order valence-electron chi connectivity index (χ2n) is 3.76. The molecule has 1 atom stereocenters. The molecule has 3 N–H and O–H groups in total. The largest absolute Gasteiger partial charge is 0.368 e. The monoisotopic (exact) mass is 330 g/mol. The first-order valence-electron chi connectivity index (χ1n) is 5.41. The first-order chi connectivity index (χ1) is 8.49. The molecule has 1 aromatic rings. The third-order valence-electron chi connectivity index (χ3n) is 2.22. The van der Waals surface area contributed by atoms with Crippen molar-refractivity contribution < 1.29 is 9.59 Å². The van der Waals surface area contributed by atoms with Crippen LogP contribution in [0.1, 0.15) is 12.5 Å². The van der Waals surface area contributed by atoms with Crippen molar-refractivity contribution in [1.29, 1.82) is 0 Å². The number of halogens is 1. The third kappa shape index (κ3) is 5.55. The molecule has 6 heteroatoms. The topological polar surface area (TPSA) is 72.2 Å². The van der Waals surface area contributed by atoms with E-state index in [1.165, 1.54) is 11.8 Å². The van der Waals surface area contributed by atoms with E-state index in [0.29, 0.717) is 0 Å². The SMILES string of the molecule is C[C@@H](SCc1ccc(Br)cc1)C(=O)NCC(N)=O. The number of rotatable bonds is 6. The van der Waals surface area contributed by atoms with Crippen LogP contribution >= 0.6 is 27.7 Å². The maximum absolute atomic E-state index is 11.6. The van der Waals surface area contributed by atoms with Gasteiger partial charge in [-0.15, -0.1) is 11.8 Å². The quantitative estimate of drug-likeness (QED) is 0.833. The fourth-order valence-electron chi connectivity index (χ4n) is 1.20. The zero-order chi connectivity index (χ0) is 13.5. The molecule has 0 unspecified atom stereocenters. The van der Waals surface area contributed by atoms with E-state index in [1.807, 2.05) is 24.3 Å². The lowest BCUT2D eigenvalue weighted by Gasteiger charge is -2.11. The van der Waals surface area contributed by atoms with Gasteiger partial charge in [0.05, 0.1) is 11.8 Å². The molecule has 0 aliphatic heterocycles. The van der Waals surface area contributed by atoms with Gasteiger partial charge in [-0.2, -0.15) is 0 Å². The van der Waals surface area contributed by atoms with E-state index in [0.717, 1.165) is 15.8 Å². The summed E-state index contributed by atoms with van der Waals surface area (Å²) in [7, 11) is 0. The lowest BCUT2D eigenvalue weighted by molar-refractivity contribution is -0.124. The highest BCUT2D eigenvalue weighted by Crippen LogP contribution is 2.19. The van der Waals surface area contributed by atoms with Crippen molar-refractivity contribution in [3.05, 3.63) is 34.3 Å². The first kappa shape index (κ1) is 15.0. The Morgan fingerprint density at radius 2 is 2.00 bits per heavy atom. The van der Waals surface area contributed by atoms with Gasteiger partial charge in [-0.3, -0.25) is 9.59 Å². The van der Waals surface area contributed by atoms with Gasteiger partial charge in [-0.05, 0) is 24.6 Å². The van der Waals surface area contributed by atoms with Crippen molar-refractivity contribution in [1.82, 2.24) is 5.32 Å². The summed E-state index contributed by atoms with van der Waals surface area (Å²) in [5.74, 6) is 0.0442. The lowest BCUT2D eigenvalue weighted by atomic mass is 10.2. The molecule has 0 aromatic heterocycles. The Hall–Kier alpha value is -1.01. The van der Waals surface area contributed by atoms with Crippen LogP contribution in [0.4, 0.5) is 0 Å². The van der Waals surface area contributed by atoms with E-state index in [9.17, 15) is 9.59 Å². The van der Waals surface area contributed by atoms with Crippen LogP contribution in [0.5, 0.6) is 0 Å². The van der Waals surface area contributed by atoms with E-state index < -0.39 is 5.91 Å². The zero-order valence-corrected chi connectivity index (χ0v) is 12.4. The van der Waals surface area contributed by atoms with Crippen molar-refractivity contribution in [2.45, 2.75) is 17.9 Å². The standard InChI is InChI=1S/C12H15BrN2O2S/c1-8(12(17)15-6-11(14)16)18-7-9-2-4-10(13)5-3-9/h2-5,8H,6-7H2,1H3,(H2,14,16)(H,15,17)/t8-/m1/s1. The molecule has 0 fully saturated rings. The summed E-state index contributed by atoms with van der Waals surface area (Å²) in [6, 6.07) is 7.94. The van der Waals surface area contributed by atoms with E-state index >= 15 is 0 Å². The molecule has 2 amide bonds. The van der Waals surface area contributed by atoms with Gasteiger partial charge in [0.15, 0.2) is 0 Å². The van der Waals surface area contributed by atoms with Gasteiger partial charge in [0.1, 0.15) is 0 Å². The van der Waals surface area contributed by atoms with Gasteiger partial charge in [0.2, 0.25) is 11.8 Å².